The van der Waals surface area contributed by atoms with E-state index in [4.69, 9.17) is 5.73 Å². The highest BCUT2D eigenvalue weighted by atomic mass is 15.1. The Kier molecular flexibility index (Phi) is 4.54. The molecule has 0 aliphatic heterocycles. The highest BCUT2D eigenvalue weighted by Gasteiger charge is 2.13. The van der Waals surface area contributed by atoms with Gasteiger partial charge < -0.3 is 15.2 Å². The maximum Gasteiger partial charge on any atom is 0.165 e. The predicted molar refractivity (Wildman–Crippen MR) is 81.3 cm³/mol. The average Bonchev–Trinajstić information content (AvgIpc) is 2.82. The summed E-state index contributed by atoms with van der Waals surface area (Å²) in [6.45, 7) is 8.72. The van der Waals surface area contributed by atoms with Gasteiger partial charge in [-0.1, -0.05) is 13.8 Å². The number of hydrogen-bond acceptors (Lipinski definition) is 5. The molecular formula is C14H24N6. The van der Waals surface area contributed by atoms with E-state index in [9.17, 15) is 0 Å². The van der Waals surface area contributed by atoms with Crippen molar-refractivity contribution < 1.29 is 0 Å². The summed E-state index contributed by atoms with van der Waals surface area (Å²) in [7, 11) is 2.18. The van der Waals surface area contributed by atoms with Crippen molar-refractivity contribution >= 4 is 17.0 Å². The van der Waals surface area contributed by atoms with Gasteiger partial charge in [0.25, 0.3) is 0 Å². The van der Waals surface area contributed by atoms with Gasteiger partial charge >= 0.3 is 0 Å². The van der Waals surface area contributed by atoms with Crippen molar-refractivity contribution in [1.82, 2.24) is 24.4 Å². The van der Waals surface area contributed by atoms with Crippen LogP contribution in [0.15, 0.2) is 12.7 Å². The molecule has 0 radical (unpaired) electrons. The molecule has 2 aromatic heterocycles. The summed E-state index contributed by atoms with van der Waals surface area (Å²) in [5, 5.41) is 0. The first-order valence-corrected chi connectivity index (χ1v) is 7.12. The van der Waals surface area contributed by atoms with Crippen LogP contribution in [0.3, 0.4) is 0 Å². The Morgan fingerprint density at radius 1 is 1.25 bits per heavy atom. The molecule has 0 fully saturated rings. The first kappa shape index (κ1) is 14.7. The zero-order chi connectivity index (χ0) is 14.7. The number of anilines is 1. The van der Waals surface area contributed by atoms with Gasteiger partial charge in [0.2, 0.25) is 0 Å². The van der Waals surface area contributed by atoms with E-state index >= 15 is 0 Å². The van der Waals surface area contributed by atoms with Crippen molar-refractivity contribution in [2.45, 2.75) is 39.8 Å². The van der Waals surface area contributed by atoms with Gasteiger partial charge in [0, 0.05) is 12.6 Å². The van der Waals surface area contributed by atoms with E-state index in [1.54, 1.807) is 6.33 Å². The number of rotatable bonds is 6. The van der Waals surface area contributed by atoms with Crippen LogP contribution in [0.1, 0.15) is 27.2 Å². The van der Waals surface area contributed by atoms with Gasteiger partial charge in [0.1, 0.15) is 11.8 Å². The largest absolute Gasteiger partial charge is 0.382 e. The van der Waals surface area contributed by atoms with E-state index in [1.807, 2.05) is 4.57 Å². The van der Waals surface area contributed by atoms with E-state index in [1.165, 1.54) is 6.33 Å². The van der Waals surface area contributed by atoms with Gasteiger partial charge in [0.05, 0.1) is 6.33 Å². The van der Waals surface area contributed by atoms with Crippen LogP contribution in [0.25, 0.3) is 11.2 Å². The van der Waals surface area contributed by atoms with Crippen molar-refractivity contribution in [3.05, 3.63) is 12.7 Å². The van der Waals surface area contributed by atoms with Crippen LogP contribution in [0, 0.1) is 5.92 Å². The molecule has 6 nitrogen and oxygen atoms in total. The van der Waals surface area contributed by atoms with Crippen molar-refractivity contribution in [2.75, 3.05) is 19.3 Å². The van der Waals surface area contributed by atoms with Crippen LogP contribution in [0.4, 0.5) is 5.82 Å². The molecule has 0 amide bonds. The fourth-order valence-corrected chi connectivity index (χ4v) is 2.27. The van der Waals surface area contributed by atoms with Gasteiger partial charge in [-0.2, -0.15) is 0 Å². The maximum atomic E-state index is 5.78. The number of aryl methyl sites for hydroxylation is 1. The third-order valence-corrected chi connectivity index (χ3v) is 4.00. The Balaban J connectivity index is 1.95. The molecule has 2 aromatic rings. The number of imidazole rings is 1. The second-order valence-corrected chi connectivity index (χ2v) is 5.69. The van der Waals surface area contributed by atoms with E-state index in [-0.39, 0.29) is 0 Å². The topological polar surface area (TPSA) is 72.9 Å². The molecule has 0 aliphatic rings. The van der Waals surface area contributed by atoms with E-state index < -0.39 is 0 Å². The number of aromatic nitrogens is 4. The number of hydrogen-bond donors (Lipinski definition) is 1. The molecule has 0 saturated carbocycles. The van der Waals surface area contributed by atoms with Gasteiger partial charge in [-0.3, -0.25) is 0 Å². The Morgan fingerprint density at radius 2 is 2.00 bits per heavy atom. The van der Waals surface area contributed by atoms with Crippen LogP contribution in [0.2, 0.25) is 0 Å². The van der Waals surface area contributed by atoms with Gasteiger partial charge in [-0.15, -0.1) is 0 Å². The molecule has 2 rings (SSSR count). The van der Waals surface area contributed by atoms with Crippen LogP contribution >= 0.6 is 0 Å². The van der Waals surface area contributed by atoms with Crippen LogP contribution in [0.5, 0.6) is 0 Å². The minimum atomic E-state index is 0.444. The lowest BCUT2D eigenvalue weighted by Gasteiger charge is -2.27. The van der Waals surface area contributed by atoms with Crippen LogP contribution in [-0.4, -0.2) is 44.1 Å². The summed E-state index contributed by atoms with van der Waals surface area (Å²) in [6.07, 6.45) is 4.34. The lowest BCUT2D eigenvalue weighted by Crippen LogP contribution is -2.34. The van der Waals surface area contributed by atoms with Crippen molar-refractivity contribution in [1.29, 1.82) is 0 Å². The van der Waals surface area contributed by atoms with Crippen LogP contribution in [-0.2, 0) is 6.54 Å². The van der Waals surface area contributed by atoms with E-state index in [0.29, 0.717) is 23.3 Å². The standard InChI is InChI=1S/C14H24N6/c1-10(2)11(3)19(4)6-5-7-20-9-18-12-13(15)16-8-17-14(12)20/h8-11H,5-7H2,1-4H3,(H2,15,16,17). The van der Waals surface area contributed by atoms with Gasteiger partial charge in [0.15, 0.2) is 11.5 Å². The monoisotopic (exact) mass is 276 g/mol. The Morgan fingerprint density at radius 3 is 2.70 bits per heavy atom. The quantitative estimate of drug-likeness (QED) is 0.870. The molecule has 1 unspecified atom stereocenters. The number of fused-ring (bicyclic) bond motifs is 1. The normalized spacial score (nSPS) is 13.5. The lowest BCUT2D eigenvalue weighted by molar-refractivity contribution is 0.203. The van der Waals surface area contributed by atoms with Crippen molar-refractivity contribution in [3.8, 4) is 0 Å². The summed E-state index contributed by atoms with van der Waals surface area (Å²) in [5.74, 6) is 1.11. The molecule has 20 heavy (non-hydrogen) atoms. The van der Waals surface area contributed by atoms with E-state index in [0.717, 1.165) is 25.2 Å². The van der Waals surface area contributed by atoms with Crippen LogP contribution < -0.4 is 5.73 Å². The molecule has 6 heteroatoms. The fourth-order valence-electron chi connectivity index (χ4n) is 2.27. The maximum absolute atomic E-state index is 5.78. The van der Waals surface area contributed by atoms with Gasteiger partial charge in [-0.05, 0) is 32.9 Å². The third kappa shape index (κ3) is 3.07. The first-order valence-electron chi connectivity index (χ1n) is 7.12. The summed E-state index contributed by atoms with van der Waals surface area (Å²) >= 11 is 0. The summed E-state index contributed by atoms with van der Waals surface area (Å²) < 4.78 is 2.04. The molecule has 1 atom stereocenters. The molecule has 0 saturated heterocycles. The average molecular weight is 276 g/mol. The first-order chi connectivity index (χ1) is 9.50. The Hall–Kier alpha value is -1.69. The van der Waals surface area contributed by atoms with Crippen molar-refractivity contribution in [3.63, 3.8) is 0 Å². The number of nitrogens with zero attached hydrogens (tertiary/aromatic N) is 5. The van der Waals surface area contributed by atoms with Gasteiger partial charge in [-0.25, -0.2) is 15.0 Å². The second kappa shape index (κ2) is 6.17. The second-order valence-electron chi connectivity index (χ2n) is 5.69. The fraction of sp³-hybridized carbons (Fsp3) is 0.643. The zero-order valence-electron chi connectivity index (χ0n) is 12.7. The minimum Gasteiger partial charge on any atom is -0.382 e. The zero-order valence-corrected chi connectivity index (χ0v) is 12.7. The summed E-state index contributed by atoms with van der Waals surface area (Å²) in [6, 6.07) is 0.590. The van der Waals surface area contributed by atoms with Crippen molar-refractivity contribution in [2.24, 2.45) is 5.92 Å². The third-order valence-electron chi connectivity index (χ3n) is 4.00. The Labute approximate surface area is 120 Å². The lowest BCUT2D eigenvalue weighted by atomic mass is 10.1. The number of nitrogens with two attached hydrogens (primary N) is 1. The SMILES string of the molecule is CC(C)C(C)N(C)CCCn1cnc2c(N)ncnc21. The molecule has 110 valence electrons. The molecule has 2 heterocycles. The molecule has 2 N–H and O–H groups in total. The molecular weight excluding hydrogens is 252 g/mol. The highest BCUT2D eigenvalue weighted by molar-refractivity contribution is 5.80. The van der Waals surface area contributed by atoms with E-state index in [2.05, 4.69) is 47.7 Å². The molecule has 0 bridgehead atoms. The summed E-state index contributed by atoms with van der Waals surface area (Å²) in [5.41, 5.74) is 7.29. The molecule has 0 aromatic carbocycles. The number of nitrogen functional groups attached to an aromatic ring is 1. The highest BCUT2D eigenvalue weighted by Crippen LogP contribution is 2.15. The summed E-state index contributed by atoms with van der Waals surface area (Å²) in [4.78, 5) is 14.9. The smallest absolute Gasteiger partial charge is 0.165 e. The molecule has 0 aliphatic carbocycles. The Bertz CT molecular complexity index is 562. The minimum absolute atomic E-state index is 0.444. The predicted octanol–water partition coefficient (Wildman–Crippen LogP) is 1.77. The molecule has 0 spiro atoms.